The van der Waals surface area contributed by atoms with Crippen molar-refractivity contribution in [3.63, 3.8) is 0 Å². The molecule has 0 saturated carbocycles. The number of nitrogens with two attached hydrogens (primary N) is 1. The first-order valence-corrected chi connectivity index (χ1v) is 7.15. The van der Waals surface area contributed by atoms with Crippen molar-refractivity contribution in [3.05, 3.63) is 52.5 Å². The van der Waals surface area contributed by atoms with Crippen molar-refractivity contribution in [3.8, 4) is 5.75 Å². The number of rotatable bonds is 4. The van der Waals surface area contributed by atoms with Crippen LogP contribution in [0.4, 0.5) is 0 Å². The molecular weight excluding hydrogens is 310 g/mol. The fourth-order valence-electron chi connectivity index (χ4n) is 1.63. The van der Waals surface area contributed by atoms with Crippen LogP contribution in [0.15, 0.2) is 56.7 Å². The van der Waals surface area contributed by atoms with Crippen LogP contribution in [0.25, 0.3) is 0 Å². The average molecular weight is 324 g/mol. The van der Waals surface area contributed by atoms with Gasteiger partial charge in [0.25, 0.3) is 0 Å². The van der Waals surface area contributed by atoms with Gasteiger partial charge < -0.3 is 10.5 Å². The summed E-state index contributed by atoms with van der Waals surface area (Å²) in [4.78, 5) is 2.25. The summed E-state index contributed by atoms with van der Waals surface area (Å²) in [6.07, 6.45) is 0. The Bertz CT molecular complexity index is 545. The molecule has 2 rings (SSSR count). The van der Waals surface area contributed by atoms with Crippen LogP contribution in [0, 0.1) is 0 Å². The lowest BCUT2D eigenvalue weighted by Gasteiger charge is -2.10. The van der Waals surface area contributed by atoms with Gasteiger partial charge >= 0.3 is 0 Å². The Labute approximate surface area is 120 Å². The molecule has 94 valence electrons. The Balaban J connectivity index is 2.33. The number of methoxy groups -OCH3 is 1. The van der Waals surface area contributed by atoms with Crippen molar-refractivity contribution in [2.24, 2.45) is 5.73 Å². The van der Waals surface area contributed by atoms with Crippen molar-refractivity contribution < 1.29 is 4.74 Å². The third-order valence-electron chi connectivity index (χ3n) is 2.53. The van der Waals surface area contributed by atoms with E-state index < -0.39 is 0 Å². The van der Waals surface area contributed by atoms with Crippen molar-refractivity contribution in [2.75, 3.05) is 7.11 Å². The second-order valence-electron chi connectivity index (χ2n) is 3.71. The summed E-state index contributed by atoms with van der Waals surface area (Å²) in [5.41, 5.74) is 6.90. The zero-order chi connectivity index (χ0) is 13.0. The second-order valence-corrected chi connectivity index (χ2v) is 5.71. The first-order valence-electron chi connectivity index (χ1n) is 5.54. The SMILES string of the molecule is COc1ccccc1Sc1ccc(Br)cc1CN. The summed E-state index contributed by atoms with van der Waals surface area (Å²) >= 11 is 5.13. The Hall–Kier alpha value is -0.970. The molecule has 0 aliphatic heterocycles. The highest BCUT2D eigenvalue weighted by atomic mass is 79.9. The van der Waals surface area contributed by atoms with Gasteiger partial charge in [-0.2, -0.15) is 0 Å². The van der Waals surface area contributed by atoms with Gasteiger partial charge in [0, 0.05) is 15.9 Å². The Morgan fingerprint density at radius 1 is 1.17 bits per heavy atom. The summed E-state index contributed by atoms with van der Waals surface area (Å²) in [7, 11) is 1.69. The van der Waals surface area contributed by atoms with E-state index >= 15 is 0 Å². The van der Waals surface area contributed by atoms with E-state index in [-0.39, 0.29) is 0 Å². The Morgan fingerprint density at radius 2 is 1.94 bits per heavy atom. The summed E-state index contributed by atoms with van der Waals surface area (Å²) in [6, 6.07) is 14.1. The number of halogens is 1. The lowest BCUT2D eigenvalue weighted by Crippen LogP contribution is -1.98. The smallest absolute Gasteiger partial charge is 0.132 e. The Morgan fingerprint density at radius 3 is 2.67 bits per heavy atom. The number of para-hydroxylation sites is 1. The molecular formula is C14H14BrNOS. The summed E-state index contributed by atoms with van der Waals surface area (Å²) in [6.45, 7) is 0.525. The van der Waals surface area contributed by atoms with Crippen LogP contribution >= 0.6 is 27.7 Å². The number of hydrogen-bond donors (Lipinski definition) is 1. The standard InChI is InChI=1S/C14H14BrNOS/c1-17-12-4-2-3-5-14(12)18-13-7-6-11(15)8-10(13)9-16/h2-8H,9,16H2,1H3. The van der Waals surface area contributed by atoms with E-state index in [0.717, 1.165) is 25.6 Å². The highest BCUT2D eigenvalue weighted by Crippen LogP contribution is 2.37. The van der Waals surface area contributed by atoms with E-state index in [9.17, 15) is 0 Å². The zero-order valence-corrected chi connectivity index (χ0v) is 12.4. The van der Waals surface area contributed by atoms with E-state index in [4.69, 9.17) is 10.5 Å². The largest absolute Gasteiger partial charge is 0.496 e. The van der Waals surface area contributed by atoms with Crippen LogP contribution in [0.2, 0.25) is 0 Å². The van der Waals surface area contributed by atoms with Crippen LogP contribution in [0.5, 0.6) is 5.75 Å². The number of benzene rings is 2. The molecule has 0 heterocycles. The van der Waals surface area contributed by atoms with E-state index in [0.29, 0.717) is 6.54 Å². The quantitative estimate of drug-likeness (QED) is 0.921. The van der Waals surface area contributed by atoms with Crippen molar-refractivity contribution >= 4 is 27.7 Å². The fraction of sp³-hybridized carbons (Fsp3) is 0.143. The second kappa shape index (κ2) is 6.27. The van der Waals surface area contributed by atoms with Gasteiger partial charge in [0.05, 0.1) is 12.0 Å². The third-order valence-corrected chi connectivity index (χ3v) is 4.20. The summed E-state index contributed by atoms with van der Waals surface area (Å²) in [5.74, 6) is 0.883. The molecule has 18 heavy (non-hydrogen) atoms. The Kier molecular flexibility index (Phi) is 4.69. The molecule has 0 atom stereocenters. The topological polar surface area (TPSA) is 35.2 Å². The molecule has 0 aliphatic carbocycles. The molecule has 0 saturated heterocycles. The van der Waals surface area contributed by atoms with Crippen molar-refractivity contribution in [1.29, 1.82) is 0 Å². The van der Waals surface area contributed by atoms with Gasteiger partial charge in [-0.3, -0.25) is 0 Å². The van der Waals surface area contributed by atoms with Gasteiger partial charge in [0.1, 0.15) is 5.75 Å². The number of ether oxygens (including phenoxy) is 1. The monoisotopic (exact) mass is 323 g/mol. The van der Waals surface area contributed by atoms with Gasteiger partial charge in [-0.15, -0.1) is 0 Å². The molecule has 2 aromatic carbocycles. The normalized spacial score (nSPS) is 10.4. The third kappa shape index (κ3) is 3.07. The van der Waals surface area contributed by atoms with Crippen molar-refractivity contribution in [2.45, 2.75) is 16.3 Å². The molecule has 0 amide bonds. The molecule has 0 spiro atoms. The molecule has 0 unspecified atom stereocenters. The molecule has 0 bridgehead atoms. The highest BCUT2D eigenvalue weighted by molar-refractivity contribution is 9.10. The minimum atomic E-state index is 0.525. The molecule has 2 aromatic rings. The highest BCUT2D eigenvalue weighted by Gasteiger charge is 2.07. The van der Waals surface area contributed by atoms with Crippen LogP contribution in [-0.4, -0.2) is 7.11 Å². The molecule has 0 fully saturated rings. The van der Waals surface area contributed by atoms with E-state index in [1.54, 1.807) is 18.9 Å². The van der Waals surface area contributed by atoms with E-state index in [2.05, 4.69) is 28.1 Å². The van der Waals surface area contributed by atoms with Gasteiger partial charge in [-0.25, -0.2) is 0 Å². The maximum Gasteiger partial charge on any atom is 0.132 e. The molecule has 0 aliphatic rings. The molecule has 0 aromatic heterocycles. The molecule has 4 heteroatoms. The van der Waals surface area contributed by atoms with E-state index in [1.165, 1.54) is 0 Å². The predicted octanol–water partition coefficient (Wildman–Crippen LogP) is 4.07. The molecule has 0 radical (unpaired) electrons. The van der Waals surface area contributed by atoms with Gasteiger partial charge in [0.15, 0.2) is 0 Å². The van der Waals surface area contributed by atoms with Crippen LogP contribution in [0.3, 0.4) is 0 Å². The molecule has 2 nitrogen and oxygen atoms in total. The predicted molar refractivity (Wildman–Crippen MR) is 79.2 cm³/mol. The lowest BCUT2D eigenvalue weighted by atomic mass is 10.2. The van der Waals surface area contributed by atoms with E-state index in [1.807, 2.05) is 30.3 Å². The minimum absolute atomic E-state index is 0.525. The van der Waals surface area contributed by atoms with Crippen LogP contribution in [-0.2, 0) is 6.54 Å². The van der Waals surface area contributed by atoms with Gasteiger partial charge in [-0.1, -0.05) is 39.8 Å². The maximum absolute atomic E-state index is 5.78. The minimum Gasteiger partial charge on any atom is -0.496 e. The maximum atomic E-state index is 5.78. The van der Waals surface area contributed by atoms with Crippen LogP contribution < -0.4 is 10.5 Å². The zero-order valence-electron chi connectivity index (χ0n) is 10.0. The van der Waals surface area contributed by atoms with Crippen molar-refractivity contribution in [1.82, 2.24) is 0 Å². The summed E-state index contributed by atoms with van der Waals surface area (Å²) in [5, 5.41) is 0. The fourth-order valence-corrected chi connectivity index (χ4v) is 3.08. The molecule has 2 N–H and O–H groups in total. The summed E-state index contributed by atoms with van der Waals surface area (Å²) < 4.78 is 6.40. The first kappa shape index (κ1) is 13.5. The van der Waals surface area contributed by atoms with Gasteiger partial charge in [-0.05, 0) is 35.9 Å². The number of hydrogen-bond acceptors (Lipinski definition) is 3. The average Bonchev–Trinajstić information content (AvgIpc) is 2.41. The first-order chi connectivity index (χ1) is 8.74. The lowest BCUT2D eigenvalue weighted by molar-refractivity contribution is 0.405. The van der Waals surface area contributed by atoms with Gasteiger partial charge in [0.2, 0.25) is 0 Å². The van der Waals surface area contributed by atoms with Crippen LogP contribution in [0.1, 0.15) is 5.56 Å².